The molecule has 21 heavy (non-hydrogen) atoms. The molecule has 1 heterocycles. The third-order valence-electron chi connectivity index (χ3n) is 4.18. The van der Waals surface area contributed by atoms with Crippen molar-refractivity contribution in [1.29, 1.82) is 0 Å². The maximum absolute atomic E-state index is 13.3. The van der Waals surface area contributed by atoms with Crippen LogP contribution in [0.1, 0.15) is 26.7 Å². The first-order valence-electron chi connectivity index (χ1n) is 7.77. The van der Waals surface area contributed by atoms with Crippen molar-refractivity contribution >= 4 is 11.4 Å². The highest BCUT2D eigenvalue weighted by molar-refractivity contribution is 5.67. The summed E-state index contributed by atoms with van der Waals surface area (Å²) in [5, 5.41) is 0. The van der Waals surface area contributed by atoms with Crippen molar-refractivity contribution in [1.82, 2.24) is 4.90 Å². The highest BCUT2D eigenvalue weighted by Crippen LogP contribution is 2.29. The molecule has 2 rings (SSSR count). The number of nitrogens with zero attached hydrogens (tertiary/aromatic N) is 2. The van der Waals surface area contributed by atoms with Crippen molar-refractivity contribution in [2.45, 2.75) is 32.7 Å². The van der Waals surface area contributed by atoms with Gasteiger partial charge in [-0.3, -0.25) is 0 Å². The van der Waals surface area contributed by atoms with E-state index >= 15 is 0 Å². The summed E-state index contributed by atoms with van der Waals surface area (Å²) < 4.78 is 18.9. The molecule has 118 valence electrons. The molecule has 1 saturated heterocycles. The van der Waals surface area contributed by atoms with Crippen molar-refractivity contribution in [3.63, 3.8) is 0 Å². The molecule has 0 radical (unpaired) electrons. The number of rotatable bonds is 6. The highest BCUT2D eigenvalue weighted by atomic mass is 19.1. The molecule has 0 atom stereocenters. The average Bonchev–Trinajstić information content (AvgIpc) is 2.50. The zero-order valence-corrected chi connectivity index (χ0v) is 13.0. The molecule has 0 amide bonds. The maximum atomic E-state index is 13.3. The molecule has 0 aliphatic carbocycles. The van der Waals surface area contributed by atoms with Gasteiger partial charge in [0.25, 0.3) is 0 Å². The molecule has 5 heteroatoms. The van der Waals surface area contributed by atoms with E-state index in [0.717, 1.165) is 38.2 Å². The summed E-state index contributed by atoms with van der Waals surface area (Å²) >= 11 is 0. The van der Waals surface area contributed by atoms with Gasteiger partial charge in [0.15, 0.2) is 0 Å². The minimum atomic E-state index is -0.298. The molecule has 1 aromatic carbocycles. The lowest BCUT2D eigenvalue weighted by Crippen LogP contribution is -2.46. The Morgan fingerprint density at radius 1 is 1.33 bits per heavy atom. The molecule has 1 aliphatic heterocycles. The number of nitrogen functional groups attached to an aromatic ring is 1. The van der Waals surface area contributed by atoms with Crippen LogP contribution in [0.3, 0.4) is 0 Å². The first-order chi connectivity index (χ1) is 10.2. The molecule has 2 N–H and O–H groups in total. The van der Waals surface area contributed by atoms with Crippen molar-refractivity contribution in [2.24, 2.45) is 0 Å². The van der Waals surface area contributed by atoms with Crippen LogP contribution in [0.4, 0.5) is 15.8 Å². The minimum Gasteiger partial charge on any atom is -0.397 e. The van der Waals surface area contributed by atoms with Crippen molar-refractivity contribution in [2.75, 3.05) is 43.6 Å². The fourth-order valence-corrected chi connectivity index (χ4v) is 2.90. The van der Waals surface area contributed by atoms with E-state index in [-0.39, 0.29) is 5.82 Å². The first kappa shape index (κ1) is 16.0. The van der Waals surface area contributed by atoms with Gasteiger partial charge in [-0.15, -0.1) is 0 Å². The SMILES string of the molecule is CCOCN(c1ccc(F)cc1N)C1CCN(CC)CC1. The van der Waals surface area contributed by atoms with E-state index in [0.29, 0.717) is 25.1 Å². The van der Waals surface area contributed by atoms with Crippen LogP contribution in [-0.2, 0) is 4.74 Å². The zero-order chi connectivity index (χ0) is 15.2. The number of ether oxygens (including phenoxy) is 1. The number of piperidine rings is 1. The smallest absolute Gasteiger partial charge is 0.125 e. The van der Waals surface area contributed by atoms with E-state index in [4.69, 9.17) is 10.5 Å². The van der Waals surface area contributed by atoms with Gasteiger partial charge in [-0.05, 0) is 44.5 Å². The monoisotopic (exact) mass is 295 g/mol. The normalized spacial score (nSPS) is 17.1. The Labute approximate surface area is 126 Å². The van der Waals surface area contributed by atoms with Crippen LogP contribution in [-0.4, -0.2) is 43.9 Å². The maximum Gasteiger partial charge on any atom is 0.125 e. The number of nitrogens with two attached hydrogens (primary N) is 1. The van der Waals surface area contributed by atoms with Crippen LogP contribution in [0.25, 0.3) is 0 Å². The fraction of sp³-hybridized carbons (Fsp3) is 0.625. The van der Waals surface area contributed by atoms with Gasteiger partial charge in [0, 0.05) is 25.7 Å². The van der Waals surface area contributed by atoms with Gasteiger partial charge in [0.2, 0.25) is 0 Å². The summed E-state index contributed by atoms with van der Waals surface area (Å²) in [7, 11) is 0. The van der Waals surface area contributed by atoms with Gasteiger partial charge in [-0.2, -0.15) is 0 Å². The van der Waals surface area contributed by atoms with Gasteiger partial charge in [-0.1, -0.05) is 6.92 Å². The highest BCUT2D eigenvalue weighted by Gasteiger charge is 2.25. The van der Waals surface area contributed by atoms with Crippen LogP contribution in [0, 0.1) is 5.82 Å². The summed E-state index contributed by atoms with van der Waals surface area (Å²) in [5.74, 6) is -0.298. The largest absolute Gasteiger partial charge is 0.397 e. The minimum absolute atomic E-state index is 0.298. The summed E-state index contributed by atoms with van der Waals surface area (Å²) in [6.07, 6.45) is 2.16. The second-order valence-corrected chi connectivity index (χ2v) is 5.46. The van der Waals surface area contributed by atoms with Crippen LogP contribution in [0.15, 0.2) is 18.2 Å². The third kappa shape index (κ3) is 4.08. The van der Waals surface area contributed by atoms with E-state index < -0.39 is 0 Å². The van der Waals surface area contributed by atoms with Gasteiger partial charge >= 0.3 is 0 Å². The standard InChI is InChI=1S/C16H26FN3O/c1-3-19-9-7-14(8-10-19)20(12-21-4-2)16-6-5-13(17)11-15(16)18/h5-6,11,14H,3-4,7-10,12,18H2,1-2H3. The molecule has 0 aromatic heterocycles. The Hall–Kier alpha value is -1.33. The lowest BCUT2D eigenvalue weighted by atomic mass is 10.0. The van der Waals surface area contributed by atoms with Crippen LogP contribution < -0.4 is 10.6 Å². The molecular formula is C16H26FN3O. The van der Waals surface area contributed by atoms with Gasteiger partial charge < -0.3 is 20.3 Å². The number of anilines is 2. The Balaban J connectivity index is 2.14. The Morgan fingerprint density at radius 2 is 2.05 bits per heavy atom. The molecule has 0 saturated carbocycles. The van der Waals surface area contributed by atoms with E-state index in [1.165, 1.54) is 12.1 Å². The topological polar surface area (TPSA) is 41.7 Å². The molecule has 1 fully saturated rings. The summed E-state index contributed by atoms with van der Waals surface area (Å²) in [5.41, 5.74) is 7.36. The predicted molar refractivity (Wildman–Crippen MR) is 84.9 cm³/mol. The number of benzene rings is 1. The summed E-state index contributed by atoms with van der Waals surface area (Å²) in [6.45, 7) is 8.60. The Kier molecular flexibility index (Phi) is 5.82. The lowest BCUT2D eigenvalue weighted by molar-refractivity contribution is 0.128. The van der Waals surface area contributed by atoms with Crippen LogP contribution >= 0.6 is 0 Å². The quantitative estimate of drug-likeness (QED) is 0.647. The van der Waals surface area contributed by atoms with E-state index in [1.807, 2.05) is 6.92 Å². The molecule has 4 nitrogen and oxygen atoms in total. The number of likely N-dealkylation sites (tertiary alicyclic amines) is 1. The van der Waals surface area contributed by atoms with Crippen LogP contribution in [0.2, 0.25) is 0 Å². The summed E-state index contributed by atoms with van der Waals surface area (Å²) in [6, 6.07) is 5.00. The summed E-state index contributed by atoms with van der Waals surface area (Å²) in [4.78, 5) is 4.63. The van der Waals surface area contributed by atoms with Crippen molar-refractivity contribution in [3.8, 4) is 0 Å². The van der Waals surface area contributed by atoms with Gasteiger partial charge in [0.1, 0.15) is 12.5 Å². The average molecular weight is 295 g/mol. The fourth-order valence-electron chi connectivity index (χ4n) is 2.90. The first-order valence-corrected chi connectivity index (χ1v) is 7.77. The zero-order valence-electron chi connectivity index (χ0n) is 13.0. The molecular weight excluding hydrogens is 269 g/mol. The third-order valence-corrected chi connectivity index (χ3v) is 4.18. The molecule has 1 aliphatic rings. The number of halogens is 1. The predicted octanol–water partition coefficient (Wildman–Crippen LogP) is 2.69. The second kappa shape index (κ2) is 7.61. The lowest BCUT2D eigenvalue weighted by Gasteiger charge is -2.39. The van der Waals surface area contributed by atoms with E-state index in [2.05, 4.69) is 16.7 Å². The molecule has 0 unspecified atom stereocenters. The molecule has 0 bridgehead atoms. The number of hydrogen-bond donors (Lipinski definition) is 1. The van der Waals surface area contributed by atoms with E-state index in [9.17, 15) is 4.39 Å². The van der Waals surface area contributed by atoms with Gasteiger partial charge in [0.05, 0.1) is 11.4 Å². The molecule has 0 spiro atoms. The van der Waals surface area contributed by atoms with Crippen LogP contribution in [0.5, 0.6) is 0 Å². The Morgan fingerprint density at radius 3 is 2.62 bits per heavy atom. The van der Waals surface area contributed by atoms with E-state index in [1.54, 1.807) is 6.07 Å². The van der Waals surface area contributed by atoms with Crippen molar-refractivity contribution in [3.05, 3.63) is 24.0 Å². The Bertz CT molecular complexity index is 447. The second-order valence-electron chi connectivity index (χ2n) is 5.46. The number of hydrogen-bond acceptors (Lipinski definition) is 4. The van der Waals surface area contributed by atoms with Gasteiger partial charge in [-0.25, -0.2) is 4.39 Å². The van der Waals surface area contributed by atoms with Crippen molar-refractivity contribution < 1.29 is 9.13 Å². The molecule has 1 aromatic rings.